The summed E-state index contributed by atoms with van der Waals surface area (Å²) in [5.41, 5.74) is 1.21. The molecule has 0 aliphatic carbocycles. The average Bonchev–Trinajstić information content (AvgIpc) is 2.54. The van der Waals surface area contributed by atoms with Crippen molar-refractivity contribution in [1.82, 2.24) is 4.31 Å². The largest absolute Gasteiger partial charge is 0.243 e. The van der Waals surface area contributed by atoms with Crippen LogP contribution >= 0.6 is 0 Å². The summed E-state index contributed by atoms with van der Waals surface area (Å²) in [6, 6.07) is 7.65. The first kappa shape index (κ1) is 16.5. The van der Waals surface area contributed by atoms with Crippen LogP contribution in [0.5, 0.6) is 0 Å². The number of piperidine rings is 1. The smallest absolute Gasteiger partial charge is 0.207 e. The minimum Gasteiger partial charge on any atom is -0.207 e. The van der Waals surface area contributed by atoms with Gasteiger partial charge in [0, 0.05) is 12.6 Å². The van der Waals surface area contributed by atoms with Crippen LogP contribution in [0.25, 0.3) is 0 Å². The molecule has 2 unspecified atom stereocenters. The maximum Gasteiger partial charge on any atom is 0.243 e. The Labute approximate surface area is 129 Å². The molecule has 0 radical (unpaired) electrons. The molecule has 0 saturated carbocycles. The molecule has 2 atom stereocenters. The molecule has 0 bridgehead atoms. The second-order valence-corrected chi connectivity index (χ2v) is 7.94. The molecule has 1 saturated heterocycles. The highest BCUT2D eigenvalue weighted by molar-refractivity contribution is 7.89. The molecular weight excluding hydrogens is 282 g/mol. The van der Waals surface area contributed by atoms with Crippen LogP contribution in [0.2, 0.25) is 0 Å². The van der Waals surface area contributed by atoms with Crippen molar-refractivity contribution in [3.63, 3.8) is 0 Å². The first-order valence-corrected chi connectivity index (χ1v) is 9.56. The van der Waals surface area contributed by atoms with Gasteiger partial charge in [-0.05, 0) is 49.3 Å². The van der Waals surface area contributed by atoms with Crippen molar-refractivity contribution in [1.29, 1.82) is 0 Å². The Morgan fingerprint density at radius 1 is 1.19 bits per heavy atom. The summed E-state index contributed by atoms with van der Waals surface area (Å²) in [5.74, 6) is 0.472. The average molecular weight is 309 g/mol. The molecule has 21 heavy (non-hydrogen) atoms. The number of rotatable bonds is 5. The second-order valence-electron chi connectivity index (χ2n) is 6.05. The standard InChI is InChI=1S/C17H27NO2S/c1-4-14(3)15-9-11-17(12-10-15)21(19,20)18-13-7-6-8-16(18)5-2/h9-12,14,16H,4-8,13H2,1-3H3. The molecule has 1 fully saturated rings. The van der Waals surface area contributed by atoms with Crippen LogP contribution in [0.1, 0.15) is 64.4 Å². The van der Waals surface area contributed by atoms with E-state index >= 15 is 0 Å². The molecule has 1 aromatic rings. The van der Waals surface area contributed by atoms with Gasteiger partial charge in [0.2, 0.25) is 10.0 Å². The van der Waals surface area contributed by atoms with E-state index in [1.807, 2.05) is 12.1 Å². The lowest BCUT2D eigenvalue weighted by Crippen LogP contribution is -2.43. The van der Waals surface area contributed by atoms with Gasteiger partial charge in [-0.15, -0.1) is 0 Å². The van der Waals surface area contributed by atoms with Gasteiger partial charge in [0.1, 0.15) is 0 Å². The highest BCUT2D eigenvalue weighted by Crippen LogP contribution is 2.28. The Morgan fingerprint density at radius 3 is 2.43 bits per heavy atom. The fraction of sp³-hybridized carbons (Fsp3) is 0.647. The third-order valence-electron chi connectivity index (χ3n) is 4.71. The van der Waals surface area contributed by atoms with Crippen LogP contribution in [0, 0.1) is 0 Å². The fourth-order valence-corrected chi connectivity index (χ4v) is 4.81. The fourth-order valence-electron chi connectivity index (χ4n) is 3.04. The van der Waals surface area contributed by atoms with Gasteiger partial charge in [0.25, 0.3) is 0 Å². The van der Waals surface area contributed by atoms with E-state index in [0.717, 1.165) is 32.1 Å². The van der Waals surface area contributed by atoms with Crippen molar-refractivity contribution in [3.8, 4) is 0 Å². The van der Waals surface area contributed by atoms with E-state index in [1.165, 1.54) is 5.56 Å². The molecule has 1 aliphatic heterocycles. The predicted molar refractivity (Wildman–Crippen MR) is 87.0 cm³/mol. The Balaban J connectivity index is 2.26. The number of nitrogens with zero attached hydrogens (tertiary/aromatic N) is 1. The zero-order valence-electron chi connectivity index (χ0n) is 13.4. The number of benzene rings is 1. The van der Waals surface area contributed by atoms with Crippen LogP contribution in [0.15, 0.2) is 29.2 Å². The van der Waals surface area contributed by atoms with E-state index in [0.29, 0.717) is 17.4 Å². The first-order valence-electron chi connectivity index (χ1n) is 8.12. The summed E-state index contributed by atoms with van der Waals surface area (Å²) in [5, 5.41) is 0. The summed E-state index contributed by atoms with van der Waals surface area (Å²) >= 11 is 0. The van der Waals surface area contributed by atoms with E-state index in [1.54, 1.807) is 16.4 Å². The SMILES string of the molecule is CCC(C)c1ccc(S(=O)(=O)N2CCCCC2CC)cc1. The topological polar surface area (TPSA) is 37.4 Å². The number of sulfonamides is 1. The summed E-state index contributed by atoms with van der Waals surface area (Å²) in [6.07, 6.45) is 5.05. The number of hydrogen-bond acceptors (Lipinski definition) is 2. The zero-order chi connectivity index (χ0) is 15.5. The van der Waals surface area contributed by atoms with Gasteiger partial charge < -0.3 is 0 Å². The van der Waals surface area contributed by atoms with Gasteiger partial charge in [-0.1, -0.05) is 39.3 Å². The van der Waals surface area contributed by atoms with Gasteiger partial charge in [-0.25, -0.2) is 8.42 Å². The molecular formula is C17H27NO2S. The normalized spacial score (nSPS) is 22.1. The molecule has 2 rings (SSSR count). The molecule has 118 valence electrons. The van der Waals surface area contributed by atoms with Crippen molar-refractivity contribution in [2.45, 2.75) is 69.7 Å². The molecule has 0 N–H and O–H groups in total. The van der Waals surface area contributed by atoms with Crippen molar-refractivity contribution in [3.05, 3.63) is 29.8 Å². The molecule has 0 aromatic heterocycles. The Hall–Kier alpha value is -0.870. The van der Waals surface area contributed by atoms with Gasteiger partial charge in [0.05, 0.1) is 4.90 Å². The van der Waals surface area contributed by atoms with E-state index in [9.17, 15) is 8.42 Å². The molecule has 4 heteroatoms. The third kappa shape index (κ3) is 3.49. The van der Waals surface area contributed by atoms with E-state index < -0.39 is 10.0 Å². The maximum absolute atomic E-state index is 12.8. The van der Waals surface area contributed by atoms with Crippen molar-refractivity contribution in [2.75, 3.05) is 6.54 Å². The predicted octanol–water partition coefficient (Wildman–Crippen LogP) is 4.15. The Kier molecular flexibility index (Phi) is 5.44. The Morgan fingerprint density at radius 2 is 1.86 bits per heavy atom. The van der Waals surface area contributed by atoms with Gasteiger partial charge in [-0.2, -0.15) is 4.31 Å². The minimum atomic E-state index is -3.34. The minimum absolute atomic E-state index is 0.165. The molecule has 1 aliphatic rings. The maximum atomic E-state index is 12.8. The van der Waals surface area contributed by atoms with Crippen LogP contribution < -0.4 is 0 Å². The summed E-state index contributed by atoms with van der Waals surface area (Å²) in [7, 11) is -3.34. The quantitative estimate of drug-likeness (QED) is 0.819. The molecule has 1 heterocycles. The van der Waals surface area contributed by atoms with Crippen LogP contribution in [-0.4, -0.2) is 25.3 Å². The second kappa shape index (κ2) is 6.93. The van der Waals surface area contributed by atoms with Crippen LogP contribution in [0.4, 0.5) is 0 Å². The summed E-state index contributed by atoms with van der Waals surface area (Å²) < 4.78 is 27.4. The zero-order valence-corrected chi connectivity index (χ0v) is 14.2. The van der Waals surface area contributed by atoms with E-state index in [2.05, 4.69) is 20.8 Å². The van der Waals surface area contributed by atoms with Crippen molar-refractivity contribution in [2.24, 2.45) is 0 Å². The molecule has 1 aromatic carbocycles. The molecule has 0 spiro atoms. The number of hydrogen-bond donors (Lipinski definition) is 0. The highest BCUT2D eigenvalue weighted by Gasteiger charge is 2.32. The lowest BCUT2D eigenvalue weighted by Gasteiger charge is -2.34. The highest BCUT2D eigenvalue weighted by atomic mass is 32.2. The summed E-state index contributed by atoms with van der Waals surface area (Å²) in [4.78, 5) is 0.440. The third-order valence-corrected chi connectivity index (χ3v) is 6.68. The first-order chi connectivity index (χ1) is 10.0. The van der Waals surface area contributed by atoms with Crippen molar-refractivity contribution < 1.29 is 8.42 Å². The Bertz CT molecular complexity index is 551. The monoisotopic (exact) mass is 309 g/mol. The van der Waals surface area contributed by atoms with E-state index in [-0.39, 0.29) is 6.04 Å². The van der Waals surface area contributed by atoms with E-state index in [4.69, 9.17) is 0 Å². The summed E-state index contributed by atoms with van der Waals surface area (Å²) in [6.45, 7) is 7.05. The van der Waals surface area contributed by atoms with Gasteiger partial charge in [0.15, 0.2) is 0 Å². The molecule has 0 amide bonds. The lowest BCUT2D eigenvalue weighted by atomic mass is 9.99. The van der Waals surface area contributed by atoms with Crippen molar-refractivity contribution >= 4 is 10.0 Å². The van der Waals surface area contributed by atoms with Crippen LogP contribution in [-0.2, 0) is 10.0 Å². The van der Waals surface area contributed by atoms with Gasteiger partial charge >= 0.3 is 0 Å². The lowest BCUT2D eigenvalue weighted by molar-refractivity contribution is 0.246. The van der Waals surface area contributed by atoms with Gasteiger partial charge in [-0.3, -0.25) is 0 Å². The molecule has 3 nitrogen and oxygen atoms in total. The van der Waals surface area contributed by atoms with Crippen LogP contribution in [0.3, 0.4) is 0 Å².